The van der Waals surface area contributed by atoms with Crippen molar-refractivity contribution in [2.75, 3.05) is 7.11 Å². The Balaban J connectivity index is 2.48. The number of hydrogen-bond acceptors (Lipinski definition) is 4. The van der Waals surface area contributed by atoms with Crippen LogP contribution in [0.15, 0.2) is 18.6 Å². The van der Waals surface area contributed by atoms with E-state index in [2.05, 4.69) is 28.9 Å². The maximum absolute atomic E-state index is 5.93. The van der Waals surface area contributed by atoms with E-state index in [1.807, 2.05) is 12.3 Å². The van der Waals surface area contributed by atoms with Crippen LogP contribution in [0.25, 0.3) is 5.82 Å². The van der Waals surface area contributed by atoms with Crippen molar-refractivity contribution < 1.29 is 4.74 Å². The summed E-state index contributed by atoms with van der Waals surface area (Å²) in [6.45, 7) is 4.16. The summed E-state index contributed by atoms with van der Waals surface area (Å²) in [4.78, 5) is 8.00. The van der Waals surface area contributed by atoms with Crippen LogP contribution in [-0.2, 0) is 0 Å². The fourth-order valence-electron chi connectivity index (χ4n) is 1.45. The van der Waals surface area contributed by atoms with Crippen LogP contribution in [0.2, 0.25) is 5.15 Å². The predicted octanol–water partition coefficient (Wildman–Crippen LogP) is 2.45. The molecule has 0 unspecified atom stereocenters. The van der Waals surface area contributed by atoms with Crippen molar-refractivity contribution in [3.8, 4) is 11.6 Å². The predicted molar refractivity (Wildman–Crippen MR) is 64.8 cm³/mol. The Bertz CT molecular complexity index is 524. The summed E-state index contributed by atoms with van der Waals surface area (Å²) in [5.41, 5.74) is 0.988. The Kier molecular flexibility index (Phi) is 3.28. The fourth-order valence-corrected chi connectivity index (χ4v) is 1.65. The zero-order valence-corrected chi connectivity index (χ0v) is 10.6. The molecule has 2 rings (SSSR count). The van der Waals surface area contributed by atoms with Crippen molar-refractivity contribution in [2.24, 2.45) is 0 Å². The van der Waals surface area contributed by atoms with E-state index in [9.17, 15) is 0 Å². The second kappa shape index (κ2) is 4.71. The maximum Gasteiger partial charge on any atom is 0.201 e. The normalized spacial score (nSPS) is 10.9. The van der Waals surface area contributed by atoms with Crippen LogP contribution in [0.1, 0.15) is 25.5 Å². The summed E-state index contributed by atoms with van der Waals surface area (Å²) < 4.78 is 6.82. The van der Waals surface area contributed by atoms with Crippen LogP contribution >= 0.6 is 11.6 Å². The smallest absolute Gasteiger partial charge is 0.201 e. The molecule has 0 saturated heterocycles. The molecule has 0 amide bonds. The van der Waals surface area contributed by atoms with Crippen LogP contribution in [0.5, 0.6) is 5.75 Å². The van der Waals surface area contributed by atoms with E-state index in [4.69, 9.17) is 16.3 Å². The van der Waals surface area contributed by atoms with Gasteiger partial charge in [-0.2, -0.15) is 5.10 Å². The van der Waals surface area contributed by atoms with Gasteiger partial charge in [-0.3, -0.25) is 0 Å². The second-order valence-corrected chi connectivity index (χ2v) is 4.22. The molecular formula is C11H13ClN4O. The van der Waals surface area contributed by atoms with Gasteiger partial charge in [0.25, 0.3) is 0 Å². The quantitative estimate of drug-likeness (QED) is 0.788. The molecule has 2 aromatic heterocycles. The molecule has 0 atom stereocenters. The van der Waals surface area contributed by atoms with Crippen molar-refractivity contribution in [3.63, 3.8) is 0 Å². The van der Waals surface area contributed by atoms with E-state index in [1.165, 1.54) is 13.4 Å². The summed E-state index contributed by atoms with van der Waals surface area (Å²) in [5, 5.41) is 4.69. The van der Waals surface area contributed by atoms with E-state index < -0.39 is 0 Å². The van der Waals surface area contributed by atoms with E-state index in [1.54, 1.807) is 4.68 Å². The molecule has 5 nitrogen and oxygen atoms in total. The highest BCUT2D eigenvalue weighted by Gasteiger charge is 2.13. The highest BCUT2D eigenvalue weighted by molar-refractivity contribution is 6.31. The van der Waals surface area contributed by atoms with Crippen molar-refractivity contribution in [3.05, 3.63) is 29.4 Å². The molecule has 0 N–H and O–H groups in total. The highest BCUT2D eigenvalue weighted by atomic mass is 35.5. The Labute approximate surface area is 104 Å². The fraction of sp³-hybridized carbons (Fsp3) is 0.364. The SMILES string of the molecule is COc1c(Cl)ncnc1-n1ccc(C(C)C)n1. The van der Waals surface area contributed by atoms with Gasteiger partial charge in [0.05, 0.1) is 12.8 Å². The second-order valence-electron chi connectivity index (χ2n) is 3.86. The lowest BCUT2D eigenvalue weighted by Gasteiger charge is -2.07. The van der Waals surface area contributed by atoms with Gasteiger partial charge in [0, 0.05) is 6.20 Å². The largest absolute Gasteiger partial charge is 0.490 e. The molecule has 0 spiro atoms. The van der Waals surface area contributed by atoms with E-state index >= 15 is 0 Å². The molecule has 90 valence electrons. The number of hydrogen-bond donors (Lipinski definition) is 0. The molecule has 2 aromatic rings. The lowest BCUT2D eigenvalue weighted by atomic mass is 10.1. The van der Waals surface area contributed by atoms with Gasteiger partial charge in [-0.15, -0.1) is 0 Å². The number of nitrogens with zero attached hydrogens (tertiary/aromatic N) is 4. The third-order valence-corrected chi connectivity index (χ3v) is 2.63. The first-order valence-corrected chi connectivity index (χ1v) is 5.61. The summed E-state index contributed by atoms with van der Waals surface area (Å²) >= 11 is 5.93. The molecule has 17 heavy (non-hydrogen) atoms. The minimum absolute atomic E-state index is 0.277. The molecule has 0 saturated carbocycles. The molecule has 0 aliphatic rings. The first-order chi connectivity index (χ1) is 8.13. The first kappa shape index (κ1) is 11.9. The summed E-state index contributed by atoms with van der Waals surface area (Å²) in [6, 6.07) is 1.94. The third-order valence-electron chi connectivity index (χ3n) is 2.36. The van der Waals surface area contributed by atoms with Gasteiger partial charge in [-0.1, -0.05) is 25.4 Å². The topological polar surface area (TPSA) is 52.8 Å². The number of aromatic nitrogens is 4. The first-order valence-electron chi connectivity index (χ1n) is 5.24. The third kappa shape index (κ3) is 2.24. The summed E-state index contributed by atoms with van der Waals surface area (Å²) in [7, 11) is 1.53. The average molecular weight is 253 g/mol. The Morgan fingerprint density at radius 3 is 2.71 bits per heavy atom. The number of ether oxygens (including phenoxy) is 1. The number of rotatable bonds is 3. The molecule has 0 aliphatic heterocycles. The van der Waals surface area contributed by atoms with E-state index in [0.29, 0.717) is 17.5 Å². The highest BCUT2D eigenvalue weighted by Crippen LogP contribution is 2.27. The minimum Gasteiger partial charge on any atom is -0.490 e. The summed E-state index contributed by atoms with van der Waals surface area (Å²) in [5.74, 6) is 1.33. The Morgan fingerprint density at radius 1 is 1.35 bits per heavy atom. The summed E-state index contributed by atoms with van der Waals surface area (Å²) in [6.07, 6.45) is 3.22. The van der Waals surface area contributed by atoms with Gasteiger partial charge in [0.15, 0.2) is 5.15 Å². The molecule has 0 radical (unpaired) electrons. The zero-order valence-electron chi connectivity index (χ0n) is 9.88. The maximum atomic E-state index is 5.93. The van der Waals surface area contributed by atoms with E-state index in [-0.39, 0.29) is 5.15 Å². The van der Waals surface area contributed by atoms with Gasteiger partial charge in [-0.25, -0.2) is 14.6 Å². The van der Waals surface area contributed by atoms with Crippen LogP contribution in [-0.4, -0.2) is 26.9 Å². The molecule has 0 aliphatic carbocycles. The minimum atomic E-state index is 0.277. The monoisotopic (exact) mass is 252 g/mol. The van der Waals surface area contributed by atoms with Crippen molar-refractivity contribution in [2.45, 2.75) is 19.8 Å². The molecule has 0 fully saturated rings. The van der Waals surface area contributed by atoms with Gasteiger partial charge in [0.1, 0.15) is 6.33 Å². The van der Waals surface area contributed by atoms with E-state index in [0.717, 1.165) is 5.69 Å². The molecule has 2 heterocycles. The molecule has 6 heteroatoms. The number of methoxy groups -OCH3 is 1. The van der Waals surface area contributed by atoms with Crippen LogP contribution in [0.3, 0.4) is 0 Å². The van der Waals surface area contributed by atoms with Gasteiger partial charge in [0.2, 0.25) is 11.6 Å². The van der Waals surface area contributed by atoms with Crippen molar-refractivity contribution in [1.82, 2.24) is 19.7 Å². The van der Waals surface area contributed by atoms with Crippen LogP contribution in [0.4, 0.5) is 0 Å². The average Bonchev–Trinajstić information content (AvgIpc) is 2.77. The van der Waals surface area contributed by atoms with Crippen LogP contribution < -0.4 is 4.74 Å². The van der Waals surface area contributed by atoms with Gasteiger partial charge >= 0.3 is 0 Å². The molecule has 0 aromatic carbocycles. The van der Waals surface area contributed by atoms with Crippen LogP contribution in [0, 0.1) is 0 Å². The molecular weight excluding hydrogens is 240 g/mol. The van der Waals surface area contributed by atoms with Gasteiger partial charge < -0.3 is 4.74 Å². The number of halogens is 1. The Hall–Kier alpha value is -1.62. The van der Waals surface area contributed by atoms with Crippen molar-refractivity contribution in [1.29, 1.82) is 0 Å². The Morgan fingerprint density at radius 2 is 2.12 bits per heavy atom. The van der Waals surface area contributed by atoms with Gasteiger partial charge in [-0.05, 0) is 12.0 Å². The van der Waals surface area contributed by atoms with Crippen molar-refractivity contribution >= 4 is 11.6 Å². The zero-order chi connectivity index (χ0) is 12.4. The molecule has 0 bridgehead atoms. The standard InChI is InChI=1S/C11H13ClN4O/c1-7(2)8-4-5-16(15-8)11-9(17-3)10(12)13-6-14-11/h4-7H,1-3H3. The lowest BCUT2D eigenvalue weighted by Crippen LogP contribution is -2.04. The lowest BCUT2D eigenvalue weighted by molar-refractivity contribution is 0.407.